The Morgan fingerprint density at radius 2 is 2.07 bits per heavy atom. The lowest BCUT2D eigenvalue weighted by Gasteiger charge is -2.21. The van der Waals surface area contributed by atoms with Gasteiger partial charge in [0.15, 0.2) is 0 Å². The monoisotopic (exact) mass is 196 g/mol. The van der Waals surface area contributed by atoms with E-state index in [9.17, 15) is 9.90 Å². The molecule has 0 amide bonds. The van der Waals surface area contributed by atoms with Gasteiger partial charge in [0.1, 0.15) is 0 Å². The van der Waals surface area contributed by atoms with Crippen molar-refractivity contribution in [2.75, 3.05) is 7.11 Å². The van der Waals surface area contributed by atoms with Crippen LogP contribution in [0.4, 0.5) is 0 Å². The van der Waals surface area contributed by atoms with Crippen molar-refractivity contribution in [3.63, 3.8) is 0 Å². The molecule has 0 aromatic rings. The second-order valence-electron chi connectivity index (χ2n) is 4.23. The average Bonchev–Trinajstić information content (AvgIpc) is 2.55. The van der Waals surface area contributed by atoms with E-state index in [0.717, 1.165) is 32.1 Å². The van der Waals surface area contributed by atoms with Gasteiger partial charge in [0.2, 0.25) is 0 Å². The number of carbonyl (C=O) groups excluding carboxylic acids is 1. The molecule has 0 aromatic heterocycles. The van der Waals surface area contributed by atoms with Gasteiger partial charge in [0.25, 0.3) is 0 Å². The highest BCUT2D eigenvalue weighted by Crippen LogP contribution is 2.39. The molecule has 0 saturated carbocycles. The minimum absolute atomic E-state index is 0.0315. The third-order valence-corrected chi connectivity index (χ3v) is 3.29. The lowest BCUT2D eigenvalue weighted by atomic mass is 9.85. The highest BCUT2D eigenvalue weighted by atomic mass is 16.5. The Labute approximate surface area is 83.8 Å². The van der Waals surface area contributed by atoms with Crippen molar-refractivity contribution in [3.05, 3.63) is 11.1 Å². The van der Waals surface area contributed by atoms with Crippen LogP contribution in [0.25, 0.3) is 0 Å². The van der Waals surface area contributed by atoms with Gasteiger partial charge >= 0.3 is 5.97 Å². The second-order valence-corrected chi connectivity index (χ2v) is 4.23. The Kier molecular flexibility index (Phi) is 2.59. The quantitative estimate of drug-likeness (QED) is 0.509. The Bertz CT molecular complexity index is 280. The number of carbonyl (C=O) groups is 1. The summed E-state index contributed by atoms with van der Waals surface area (Å²) in [7, 11) is 1.44. The third-order valence-electron chi connectivity index (χ3n) is 3.29. The zero-order valence-corrected chi connectivity index (χ0v) is 8.45. The molecule has 0 saturated heterocycles. The van der Waals surface area contributed by atoms with Gasteiger partial charge in [-0.15, -0.1) is 0 Å². The topological polar surface area (TPSA) is 46.5 Å². The van der Waals surface area contributed by atoms with Crippen LogP contribution >= 0.6 is 0 Å². The Morgan fingerprint density at radius 1 is 1.36 bits per heavy atom. The van der Waals surface area contributed by atoms with E-state index in [4.69, 9.17) is 4.74 Å². The van der Waals surface area contributed by atoms with Crippen LogP contribution < -0.4 is 0 Å². The van der Waals surface area contributed by atoms with Crippen LogP contribution in [0.15, 0.2) is 11.1 Å². The lowest BCUT2D eigenvalue weighted by Crippen LogP contribution is -2.19. The van der Waals surface area contributed by atoms with Gasteiger partial charge in [-0.2, -0.15) is 0 Å². The first-order chi connectivity index (χ1) is 6.70. The Balaban J connectivity index is 2.03. The van der Waals surface area contributed by atoms with Crippen LogP contribution in [0.5, 0.6) is 0 Å². The number of methoxy groups -OCH3 is 1. The van der Waals surface area contributed by atoms with E-state index in [1.54, 1.807) is 0 Å². The Morgan fingerprint density at radius 3 is 2.79 bits per heavy atom. The standard InChI is InChI=1S/C11H16O3/c1-14-11(13)8-3-2-7-5-10(12)6-9(7)4-8/h8,10,12H,2-6H2,1H3. The molecule has 0 heterocycles. The fourth-order valence-corrected chi connectivity index (χ4v) is 2.55. The van der Waals surface area contributed by atoms with Crippen LogP contribution in [0.2, 0.25) is 0 Å². The van der Waals surface area contributed by atoms with Crippen LogP contribution in [0, 0.1) is 5.92 Å². The molecule has 2 atom stereocenters. The van der Waals surface area contributed by atoms with E-state index in [2.05, 4.69) is 0 Å². The molecule has 3 heteroatoms. The van der Waals surface area contributed by atoms with Crippen molar-refractivity contribution < 1.29 is 14.6 Å². The van der Waals surface area contributed by atoms with E-state index in [1.807, 2.05) is 0 Å². The number of hydrogen-bond donors (Lipinski definition) is 1. The van der Waals surface area contributed by atoms with Gasteiger partial charge in [0, 0.05) is 0 Å². The van der Waals surface area contributed by atoms with Crippen molar-refractivity contribution in [2.45, 2.75) is 38.2 Å². The first-order valence-electron chi connectivity index (χ1n) is 5.16. The predicted octanol–water partition coefficient (Wildman–Crippen LogP) is 1.41. The van der Waals surface area contributed by atoms with E-state index in [-0.39, 0.29) is 18.0 Å². The fraction of sp³-hybridized carbons (Fsp3) is 0.727. The molecule has 3 nitrogen and oxygen atoms in total. The maximum absolute atomic E-state index is 11.3. The van der Waals surface area contributed by atoms with Crippen LogP contribution in [0.1, 0.15) is 32.1 Å². The van der Waals surface area contributed by atoms with Crippen LogP contribution in [-0.4, -0.2) is 24.3 Å². The highest BCUT2D eigenvalue weighted by molar-refractivity contribution is 5.73. The van der Waals surface area contributed by atoms with Gasteiger partial charge in [0.05, 0.1) is 19.1 Å². The molecule has 0 spiro atoms. The van der Waals surface area contributed by atoms with Crippen molar-refractivity contribution in [1.29, 1.82) is 0 Å². The first kappa shape index (κ1) is 9.71. The SMILES string of the molecule is COC(=O)C1CCC2=C(CC(O)C2)C1. The van der Waals surface area contributed by atoms with Gasteiger partial charge in [-0.05, 0) is 32.1 Å². The van der Waals surface area contributed by atoms with Crippen LogP contribution in [-0.2, 0) is 9.53 Å². The predicted molar refractivity (Wildman–Crippen MR) is 51.6 cm³/mol. The molecule has 0 aliphatic heterocycles. The van der Waals surface area contributed by atoms with Gasteiger partial charge < -0.3 is 9.84 Å². The number of rotatable bonds is 1. The summed E-state index contributed by atoms with van der Waals surface area (Å²) in [5.41, 5.74) is 2.69. The maximum Gasteiger partial charge on any atom is 0.308 e. The Hall–Kier alpha value is -0.830. The fourth-order valence-electron chi connectivity index (χ4n) is 2.55. The number of aliphatic hydroxyl groups is 1. The summed E-state index contributed by atoms with van der Waals surface area (Å²) in [4.78, 5) is 11.3. The summed E-state index contributed by atoms with van der Waals surface area (Å²) in [6, 6.07) is 0. The molecule has 78 valence electrons. The van der Waals surface area contributed by atoms with Crippen molar-refractivity contribution >= 4 is 5.97 Å². The van der Waals surface area contributed by atoms with Gasteiger partial charge in [-0.1, -0.05) is 11.1 Å². The normalized spacial score (nSPS) is 31.6. The number of hydrogen-bond acceptors (Lipinski definition) is 3. The maximum atomic E-state index is 11.3. The smallest absolute Gasteiger partial charge is 0.308 e. The van der Waals surface area contributed by atoms with Gasteiger partial charge in [-0.25, -0.2) is 0 Å². The van der Waals surface area contributed by atoms with Crippen molar-refractivity contribution in [2.24, 2.45) is 5.92 Å². The van der Waals surface area contributed by atoms with Crippen molar-refractivity contribution in [1.82, 2.24) is 0 Å². The first-order valence-corrected chi connectivity index (χ1v) is 5.16. The molecule has 2 aliphatic rings. The van der Waals surface area contributed by atoms with E-state index < -0.39 is 0 Å². The zero-order chi connectivity index (χ0) is 10.1. The lowest BCUT2D eigenvalue weighted by molar-refractivity contribution is -0.145. The average molecular weight is 196 g/mol. The summed E-state index contributed by atoms with van der Waals surface area (Å²) >= 11 is 0. The minimum Gasteiger partial charge on any atom is -0.469 e. The molecule has 2 unspecified atom stereocenters. The summed E-state index contributed by atoms with van der Waals surface area (Å²) in [5, 5.41) is 9.48. The molecular formula is C11H16O3. The van der Waals surface area contributed by atoms with E-state index in [1.165, 1.54) is 18.3 Å². The molecule has 2 aliphatic carbocycles. The number of aliphatic hydroxyl groups excluding tert-OH is 1. The summed E-state index contributed by atoms with van der Waals surface area (Å²) in [6.45, 7) is 0. The van der Waals surface area contributed by atoms with E-state index in [0.29, 0.717) is 0 Å². The molecule has 1 N–H and O–H groups in total. The molecule has 14 heavy (non-hydrogen) atoms. The second kappa shape index (κ2) is 3.73. The van der Waals surface area contributed by atoms with Crippen molar-refractivity contribution in [3.8, 4) is 0 Å². The number of ether oxygens (including phenoxy) is 1. The molecular weight excluding hydrogens is 180 g/mol. The largest absolute Gasteiger partial charge is 0.469 e. The third kappa shape index (κ3) is 1.69. The van der Waals surface area contributed by atoms with E-state index >= 15 is 0 Å². The molecule has 0 radical (unpaired) electrons. The summed E-state index contributed by atoms with van der Waals surface area (Å²) < 4.78 is 4.74. The minimum atomic E-state index is -0.198. The molecule has 0 bridgehead atoms. The summed E-state index contributed by atoms with van der Waals surface area (Å²) in [6.07, 6.45) is 4.05. The molecule has 0 aromatic carbocycles. The molecule has 2 rings (SSSR count). The van der Waals surface area contributed by atoms with Gasteiger partial charge in [-0.3, -0.25) is 4.79 Å². The molecule has 0 fully saturated rings. The van der Waals surface area contributed by atoms with Crippen LogP contribution in [0.3, 0.4) is 0 Å². The highest BCUT2D eigenvalue weighted by Gasteiger charge is 2.31. The zero-order valence-electron chi connectivity index (χ0n) is 8.45. The number of esters is 1. The summed E-state index contributed by atoms with van der Waals surface area (Å²) in [5.74, 6) is -0.0676.